The van der Waals surface area contributed by atoms with Gasteiger partial charge in [0, 0.05) is 32.2 Å². The lowest BCUT2D eigenvalue weighted by atomic mass is 10.3. The maximum absolute atomic E-state index is 13.2. The molecule has 10 nitrogen and oxygen atoms in total. The standard InChI is InChI=1S/C19H20N4O6S/c1-27-13-2-4-16-14(12-13)20-19(30-16)22(7-6-21-8-10-28-11-9-21)18(24)15-3-5-17(29-15)23(25)26/h2-5,12H,6-11H2,1H3. The Bertz CT molecular complexity index is 1060. The number of anilines is 1. The van der Waals surface area contributed by atoms with Crippen LogP contribution in [0.4, 0.5) is 11.0 Å². The SMILES string of the molecule is COc1ccc2sc(N(CCN3CCOCC3)C(=O)c3ccc([N+](=O)[O-])o3)nc2c1. The average molecular weight is 432 g/mol. The summed E-state index contributed by atoms with van der Waals surface area (Å²) in [6.07, 6.45) is 0. The lowest BCUT2D eigenvalue weighted by Crippen LogP contribution is -2.43. The molecule has 11 heteroatoms. The van der Waals surface area contributed by atoms with Gasteiger partial charge in [0.05, 0.1) is 36.6 Å². The number of rotatable bonds is 7. The molecule has 0 aliphatic carbocycles. The number of hydrogen-bond donors (Lipinski definition) is 0. The average Bonchev–Trinajstić information content (AvgIpc) is 3.41. The molecule has 30 heavy (non-hydrogen) atoms. The number of nitro groups is 1. The first kappa shape index (κ1) is 20.3. The molecule has 3 heterocycles. The molecule has 3 aromatic rings. The minimum absolute atomic E-state index is 0.0967. The van der Waals surface area contributed by atoms with E-state index in [9.17, 15) is 14.9 Å². The fourth-order valence-corrected chi connectivity index (χ4v) is 4.13. The van der Waals surface area contributed by atoms with Crippen LogP contribution in [0.1, 0.15) is 10.6 Å². The van der Waals surface area contributed by atoms with E-state index in [1.165, 1.54) is 28.4 Å². The van der Waals surface area contributed by atoms with Gasteiger partial charge in [0.25, 0.3) is 5.91 Å². The second-order valence-electron chi connectivity index (χ2n) is 6.64. The number of carbonyl (C=O) groups excluding carboxylic acids is 1. The molecule has 0 radical (unpaired) electrons. The zero-order valence-corrected chi connectivity index (χ0v) is 17.1. The first-order valence-electron chi connectivity index (χ1n) is 9.36. The molecule has 1 aliphatic rings. The summed E-state index contributed by atoms with van der Waals surface area (Å²) in [5, 5.41) is 11.4. The predicted octanol–water partition coefficient (Wildman–Crippen LogP) is 2.79. The Kier molecular flexibility index (Phi) is 5.93. The predicted molar refractivity (Wildman–Crippen MR) is 110 cm³/mol. The molecule has 1 aromatic carbocycles. The van der Waals surface area contributed by atoms with Crippen molar-refractivity contribution in [3.8, 4) is 5.75 Å². The summed E-state index contributed by atoms with van der Waals surface area (Å²) in [6.45, 7) is 3.86. The van der Waals surface area contributed by atoms with Crippen LogP contribution in [0, 0.1) is 10.1 Å². The second-order valence-corrected chi connectivity index (χ2v) is 7.64. The molecule has 158 valence electrons. The van der Waals surface area contributed by atoms with Gasteiger partial charge >= 0.3 is 5.88 Å². The van der Waals surface area contributed by atoms with Gasteiger partial charge in [-0.15, -0.1) is 0 Å². The Morgan fingerprint density at radius 3 is 2.83 bits per heavy atom. The molecule has 0 spiro atoms. The number of aromatic nitrogens is 1. The number of methoxy groups -OCH3 is 1. The van der Waals surface area contributed by atoms with Crippen molar-refractivity contribution in [3.05, 3.63) is 46.2 Å². The van der Waals surface area contributed by atoms with Crippen LogP contribution in [0.2, 0.25) is 0 Å². The van der Waals surface area contributed by atoms with Gasteiger partial charge in [0.2, 0.25) is 0 Å². The summed E-state index contributed by atoms with van der Waals surface area (Å²) >= 11 is 1.37. The number of morpholine rings is 1. The quantitative estimate of drug-likeness (QED) is 0.414. The van der Waals surface area contributed by atoms with Gasteiger partial charge in [0.1, 0.15) is 10.7 Å². The molecule has 1 aliphatic heterocycles. The Labute approximate surface area is 175 Å². The fourth-order valence-electron chi connectivity index (χ4n) is 3.16. The van der Waals surface area contributed by atoms with Gasteiger partial charge in [-0.3, -0.25) is 24.7 Å². The zero-order valence-electron chi connectivity index (χ0n) is 16.3. The highest BCUT2D eigenvalue weighted by Crippen LogP contribution is 2.32. The molecule has 1 fully saturated rings. The van der Waals surface area contributed by atoms with Gasteiger partial charge in [-0.05, 0) is 18.2 Å². The Balaban J connectivity index is 1.63. The molecule has 0 N–H and O–H groups in total. The van der Waals surface area contributed by atoms with Gasteiger partial charge in [-0.1, -0.05) is 11.3 Å². The number of nitrogens with zero attached hydrogens (tertiary/aromatic N) is 4. The lowest BCUT2D eigenvalue weighted by molar-refractivity contribution is -0.402. The van der Waals surface area contributed by atoms with E-state index < -0.39 is 16.7 Å². The van der Waals surface area contributed by atoms with Crippen LogP contribution in [0.15, 0.2) is 34.7 Å². The van der Waals surface area contributed by atoms with Crippen molar-refractivity contribution in [2.75, 3.05) is 51.4 Å². The Morgan fingerprint density at radius 2 is 2.13 bits per heavy atom. The molecule has 0 unspecified atom stereocenters. The third kappa shape index (κ3) is 4.27. The first-order chi connectivity index (χ1) is 14.5. The van der Waals surface area contributed by atoms with Gasteiger partial charge < -0.3 is 13.9 Å². The van der Waals surface area contributed by atoms with Crippen molar-refractivity contribution in [2.24, 2.45) is 0 Å². The number of ether oxygens (including phenoxy) is 2. The topological polar surface area (TPSA) is 111 Å². The zero-order chi connectivity index (χ0) is 21.1. The summed E-state index contributed by atoms with van der Waals surface area (Å²) in [5.74, 6) is -0.365. The number of hydrogen-bond acceptors (Lipinski definition) is 9. The van der Waals surface area contributed by atoms with Gasteiger partial charge in [-0.25, -0.2) is 4.98 Å². The van der Waals surface area contributed by atoms with E-state index in [-0.39, 0.29) is 5.76 Å². The van der Waals surface area contributed by atoms with Crippen LogP contribution < -0.4 is 9.64 Å². The van der Waals surface area contributed by atoms with Crippen molar-refractivity contribution in [3.63, 3.8) is 0 Å². The van der Waals surface area contributed by atoms with E-state index in [1.807, 2.05) is 12.1 Å². The maximum Gasteiger partial charge on any atom is 0.433 e. The minimum Gasteiger partial charge on any atom is -0.497 e. The van der Waals surface area contributed by atoms with Crippen molar-refractivity contribution >= 4 is 38.5 Å². The summed E-state index contributed by atoms with van der Waals surface area (Å²) < 4.78 is 16.7. The van der Waals surface area contributed by atoms with Crippen molar-refractivity contribution in [2.45, 2.75) is 0 Å². The largest absolute Gasteiger partial charge is 0.497 e. The molecular formula is C19H20N4O6S. The highest BCUT2D eigenvalue weighted by Gasteiger charge is 2.27. The number of fused-ring (bicyclic) bond motifs is 1. The smallest absolute Gasteiger partial charge is 0.433 e. The van der Waals surface area contributed by atoms with E-state index in [4.69, 9.17) is 13.9 Å². The summed E-state index contributed by atoms with van der Waals surface area (Å²) in [6, 6.07) is 8.02. The Morgan fingerprint density at radius 1 is 1.33 bits per heavy atom. The number of thiazole rings is 1. The van der Waals surface area contributed by atoms with Gasteiger partial charge in [0.15, 0.2) is 10.9 Å². The number of furan rings is 1. The van der Waals surface area contributed by atoms with E-state index in [2.05, 4.69) is 9.88 Å². The molecule has 0 atom stereocenters. The Hall–Kier alpha value is -3.02. The van der Waals surface area contributed by atoms with Crippen molar-refractivity contribution < 1.29 is 23.6 Å². The van der Waals surface area contributed by atoms with Crippen LogP contribution >= 0.6 is 11.3 Å². The molecule has 1 saturated heterocycles. The summed E-state index contributed by atoms with van der Waals surface area (Å²) in [5.41, 5.74) is 0.712. The van der Waals surface area contributed by atoms with Crippen LogP contribution in [-0.4, -0.2) is 67.2 Å². The van der Waals surface area contributed by atoms with Crippen LogP contribution in [0.5, 0.6) is 5.75 Å². The highest BCUT2D eigenvalue weighted by atomic mass is 32.1. The molecule has 2 aromatic heterocycles. The number of amides is 1. The van der Waals surface area contributed by atoms with Gasteiger partial charge in [-0.2, -0.15) is 0 Å². The molecule has 4 rings (SSSR count). The van der Waals surface area contributed by atoms with Crippen LogP contribution in [-0.2, 0) is 4.74 Å². The van der Waals surface area contributed by atoms with E-state index in [0.717, 1.165) is 17.8 Å². The fraction of sp³-hybridized carbons (Fsp3) is 0.368. The van der Waals surface area contributed by atoms with Crippen LogP contribution in [0.3, 0.4) is 0 Å². The van der Waals surface area contributed by atoms with E-state index >= 15 is 0 Å². The van der Waals surface area contributed by atoms with Crippen LogP contribution in [0.25, 0.3) is 10.2 Å². The minimum atomic E-state index is -0.668. The van der Waals surface area contributed by atoms with E-state index in [0.29, 0.717) is 42.7 Å². The lowest BCUT2D eigenvalue weighted by Gasteiger charge is -2.28. The van der Waals surface area contributed by atoms with Crippen molar-refractivity contribution in [1.82, 2.24) is 9.88 Å². The molecular weight excluding hydrogens is 412 g/mol. The summed E-state index contributed by atoms with van der Waals surface area (Å²) in [7, 11) is 1.58. The maximum atomic E-state index is 13.2. The second kappa shape index (κ2) is 8.78. The van der Waals surface area contributed by atoms with Crippen molar-refractivity contribution in [1.29, 1.82) is 0 Å². The molecule has 0 bridgehead atoms. The number of benzene rings is 1. The normalized spacial score (nSPS) is 14.7. The molecule has 0 saturated carbocycles. The third-order valence-electron chi connectivity index (χ3n) is 4.79. The number of carbonyl (C=O) groups is 1. The third-order valence-corrected chi connectivity index (χ3v) is 5.84. The van der Waals surface area contributed by atoms with E-state index in [1.54, 1.807) is 13.2 Å². The first-order valence-corrected chi connectivity index (χ1v) is 10.2. The molecule has 1 amide bonds. The highest BCUT2D eigenvalue weighted by molar-refractivity contribution is 7.22. The summed E-state index contributed by atoms with van der Waals surface area (Å²) in [4.78, 5) is 31.7. The monoisotopic (exact) mass is 432 g/mol.